The molecule has 4 nitrogen and oxygen atoms in total. The van der Waals surface area contributed by atoms with E-state index in [4.69, 9.17) is 0 Å². The third-order valence-electron chi connectivity index (χ3n) is 3.62. The second-order valence-corrected chi connectivity index (χ2v) is 6.79. The van der Waals surface area contributed by atoms with Crippen LogP contribution in [-0.4, -0.2) is 15.9 Å². The molecule has 1 amide bonds. The molecule has 0 aliphatic carbocycles. The van der Waals surface area contributed by atoms with Crippen molar-refractivity contribution in [2.24, 2.45) is 0 Å². The fourth-order valence-electron chi connectivity index (χ4n) is 2.33. The Hall–Kier alpha value is -2.35. The van der Waals surface area contributed by atoms with Crippen molar-refractivity contribution in [1.82, 2.24) is 9.97 Å². The van der Waals surface area contributed by atoms with E-state index in [0.29, 0.717) is 17.2 Å². The predicted octanol–water partition coefficient (Wildman–Crippen LogP) is 4.38. The van der Waals surface area contributed by atoms with Crippen molar-refractivity contribution >= 4 is 34.3 Å². The van der Waals surface area contributed by atoms with Gasteiger partial charge in [0.05, 0.1) is 24.0 Å². The first-order valence-corrected chi connectivity index (χ1v) is 8.73. The zero-order valence-electron chi connectivity index (χ0n) is 13.5. The lowest BCUT2D eigenvalue weighted by molar-refractivity contribution is -0.115. The number of carbonyl (C=O) groups is 1. The zero-order valence-corrected chi connectivity index (χ0v) is 15.6. The number of halogens is 2. The molecule has 0 radical (unpaired) electrons. The molecule has 2 aromatic carbocycles. The Morgan fingerprint density at radius 1 is 1.12 bits per heavy atom. The molecule has 3 rings (SSSR count). The van der Waals surface area contributed by atoms with Crippen molar-refractivity contribution in [2.45, 2.75) is 13.3 Å². The molecule has 0 spiro atoms. The minimum Gasteiger partial charge on any atom is -0.309 e. The van der Waals surface area contributed by atoms with E-state index in [1.165, 1.54) is 12.1 Å². The van der Waals surface area contributed by atoms with E-state index in [1.807, 2.05) is 24.3 Å². The van der Waals surface area contributed by atoms with E-state index < -0.39 is 0 Å². The quantitative estimate of drug-likeness (QED) is 0.605. The molecule has 1 heterocycles. The van der Waals surface area contributed by atoms with Gasteiger partial charge in [-0.1, -0.05) is 12.1 Å². The second kappa shape index (κ2) is 7.69. The van der Waals surface area contributed by atoms with Crippen LogP contribution in [0.1, 0.15) is 11.3 Å². The van der Waals surface area contributed by atoms with Gasteiger partial charge >= 0.3 is 0 Å². The Kier molecular flexibility index (Phi) is 5.37. The van der Waals surface area contributed by atoms with Crippen molar-refractivity contribution in [3.05, 3.63) is 75.4 Å². The van der Waals surface area contributed by atoms with Gasteiger partial charge in [-0.2, -0.15) is 0 Å². The third kappa shape index (κ3) is 4.60. The van der Waals surface area contributed by atoms with Crippen LogP contribution in [0.2, 0.25) is 0 Å². The van der Waals surface area contributed by atoms with Crippen LogP contribution >= 0.6 is 22.6 Å². The Morgan fingerprint density at radius 3 is 2.44 bits per heavy atom. The van der Waals surface area contributed by atoms with Crippen molar-refractivity contribution in [2.75, 3.05) is 5.32 Å². The van der Waals surface area contributed by atoms with Crippen molar-refractivity contribution in [1.29, 1.82) is 0 Å². The molecule has 0 aliphatic heterocycles. The molecule has 1 aromatic heterocycles. The lowest BCUT2D eigenvalue weighted by Gasteiger charge is -2.09. The molecule has 0 saturated carbocycles. The summed E-state index contributed by atoms with van der Waals surface area (Å²) < 4.78 is 14.1. The summed E-state index contributed by atoms with van der Waals surface area (Å²) in [7, 11) is 0. The maximum Gasteiger partial charge on any atom is 0.229 e. The van der Waals surface area contributed by atoms with E-state index in [9.17, 15) is 9.18 Å². The van der Waals surface area contributed by atoms with Crippen LogP contribution in [0.4, 0.5) is 10.2 Å². The van der Waals surface area contributed by atoms with Gasteiger partial charge in [0.25, 0.3) is 0 Å². The molecule has 25 heavy (non-hydrogen) atoms. The van der Waals surface area contributed by atoms with Gasteiger partial charge in [0.2, 0.25) is 5.91 Å². The standard InChI is InChI=1S/C19H15FIN3O/c1-12-19(24-18(25)10-13-2-8-16(21)9-3-13)22-11-17(23-12)14-4-6-15(20)7-5-14/h2-9,11H,10H2,1H3,(H,22,24,25). The lowest BCUT2D eigenvalue weighted by Crippen LogP contribution is -2.16. The molecule has 3 aromatic rings. The summed E-state index contributed by atoms with van der Waals surface area (Å²) >= 11 is 2.22. The maximum absolute atomic E-state index is 13.0. The number of nitrogens with one attached hydrogen (secondary N) is 1. The average Bonchev–Trinajstić information content (AvgIpc) is 2.59. The number of anilines is 1. The minimum atomic E-state index is -0.298. The summed E-state index contributed by atoms with van der Waals surface area (Å²) in [4.78, 5) is 20.9. The normalized spacial score (nSPS) is 10.5. The van der Waals surface area contributed by atoms with Gasteiger partial charge in [-0.15, -0.1) is 0 Å². The van der Waals surface area contributed by atoms with Crippen LogP contribution in [0.3, 0.4) is 0 Å². The van der Waals surface area contributed by atoms with Gasteiger partial charge in [0.1, 0.15) is 5.82 Å². The number of nitrogens with zero attached hydrogens (tertiary/aromatic N) is 2. The highest BCUT2D eigenvalue weighted by atomic mass is 127. The number of carbonyl (C=O) groups excluding carboxylic acids is 1. The fraction of sp³-hybridized carbons (Fsp3) is 0.105. The van der Waals surface area contributed by atoms with Gasteiger partial charge in [0.15, 0.2) is 5.82 Å². The van der Waals surface area contributed by atoms with E-state index in [2.05, 4.69) is 37.9 Å². The number of rotatable bonds is 4. The van der Waals surface area contributed by atoms with Crippen molar-refractivity contribution < 1.29 is 9.18 Å². The number of hydrogen-bond acceptors (Lipinski definition) is 3. The molecule has 6 heteroatoms. The Bertz CT molecular complexity index is 896. The number of aromatic nitrogens is 2. The minimum absolute atomic E-state index is 0.145. The Morgan fingerprint density at radius 2 is 1.80 bits per heavy atom. The molecule has 1 N–H and O–H groups in total. The van der Waals surface area contributed by atoms with Gasteiger partial charge < -0.3 is 5.32 Å². The first kappa shape index (κ1) is 17.5. The van der Waals surface area contributed by atoms with Crippen LogP contribution in [0.15, 0.2) is 54.7 Å². The third-order valence-corrected chi connectivity index (χ3v) is 4.34. The first-order chi connectivity index (χ1) is 12.0. The number of aryl methyl sites for hydroxylation is 1. The van der Waals surface area contributed by atoms with Crippen LogP contribution in [0.5, 0.6) is 0 Å². The summed E-state index contributed by atoms with van der Waals surface area (Å²) in [5, 5.41) is 2.79. The van der Waals surface area contributed by atoms with E-state index in [1.54, 1.807) is 25.3 Å². The van der Waals surface area contributed by atoms with Crippen LogP contribution in [0, 0.1) is 16.3 Å². The average molecular weight is 447 g/mol. The first-order valence-electron chi connectivity index (χ1n) is 7.65. The summed E-state index contributed by atoms with van der Waals surface area (Å²) in [5.41, 5.74) is 2.95. The Balaban J connectivity index is 1.71. The van der Waals surface area contributed by atoms with E-state index >= 15 is 0 Å². The largest absolute Gasteiger partial charge is 0.309 e. The van der Waals surface area contributed by atoms with Gasteiger partial charge in [-0.3, -0.25) is 4.79 Å². The van der Waals surface area contributed by atoms with E-state index in [-0.39, 0.29) is 18.1 Å². The molecule has 0 unspecified atom stereocenters. The molecule has 0 saturated heterocycles. The summed E-state index contributed by atoms with van der Waals surface area (Å²) in [6.45, 7) is 1.78. The van der Waals surface area contributed by atoms with Crippen LogP contribution < -0.4 is 5.32 Å². The Labute approximate surface area is 158 Å². The zero-order chi connectivity index (χ0) is 17.8. The molecule has 0 atom stereocenters. The number of hydrogen-bond donors (Lipinski definition) is 1. The highest BCUT2D eigenvalue weighted by molar-refractivity contribution is 14.1. The van der Waals surface area contributed by atoms with Crippen LogP contribution in [0.25, 0.3) is 11.3 Å². The highest BCUT2D eigenvalue weighted by Gasteiger charge is 2.10. The lowest BCUT2D eigenvalue weighted by atomic mass is 10.1. The smallest absolute Gasteiger partial charge is 0.229 e. The molecular formula is C19H15FIN3O. The molecule has 0 aliphatic rings. The monoisotopic (exact) mass is 447 g/mol. The van der Waals surface area contributed by atoms with Gasteiger partial charge in [-0.25, -0.2) is 14.4 Å². The maximum atomic E-state index is 13.0. The van der Waals surface area contributed by atoms with Gasteiger partial charge in [-0.05, 0) is 71.5 Å². The predicted molar refractivity (Wildman–Crippen MR) is 104 cm³/mol. The fourth-order valence-corrected chi connectivity index (χ4v) is 2.69. The van der Waals surface area contributed by atoms with E-state index in [0.717, 1.165) is 14.7 Å². The molecule has 0 bridgehead atoms. The van der Waals surface area contributed by atoms with Crippen molar-refractivity contribution in [3.63, 3.8) is 0 Å². The second-order valence-electron chi connectivity index (χ2n) is 5.55. The molecular weight excluding hydrogens is 432 g/mol. The van der Waals surface area contributed by atoms with Crippen LogP contribution in [-0.2, 0) is 11.2 Å². The molecule has 126 valence electrons. The molecule has 0 fully saturated rings. The SMILES string of the molecule is Cc1nc(-c2ccc(F)cc2)cnc1NC(=O)Cc1ccc(I)cc1. The summed E-state index contributed by atoms with van der Waals surface area (Å²) in [6.07, 6.45) is 1.85. The summed E-state index contributed by atoms with van der Waals surface area (Å²) in [6, 6.07) is 13.8. The van der Waals surface area contributed by atoms with Crippen molar-refractivity contribution in [3.8, 4) is 11.3 Å². The highest BCUT2D eigenvalue weighted by Crippen LogP contribution is 2.19. The topological polar surface area (TPSA) is 54.9 Å². The van der Waals surface area contributed by atoms with Gasteiger partial charge in [0, 0.05) is 9.13 Å². The number of amides is 1. The summed E-state index contributed by atoms with van der Waals surface area (Å²) in [5.74, 6) is -0.0116. The number of benzene rings is 2.